The molecule has 1 aliphatic heterocycles. The van der Waals surface area contributed by atoms with Crippen LogP contribution in [0.25, 0.3) is 10.7 Å². The zero-order valence-electron chi connectivity index (χ0n) is 19.5. The molecule has 3 aromatic rings. The van der Waals surface area contributed by atoms with Crippen molar-refractivity contribution in [2.24, 2.45) is 0 Å². The molecule has 9 nitrogen and oxygen atoms in total. The second kappa shape index (κ2) is 10.2. The number of morpholine rings is 1. The van der Waals surface area contributed by atoms with Crippen LogP contribution in [0.5, 0.6) is 5.75 Å². The third-order valence-electron chi connectivity index (χ3n) is 5.68. The molecule has 2 atom stereocenters. The topological polar surface area (TPSA) is 107 Å². The third kappa shape index (κ3) is 5.43. The summed E-state index contributed by atoms with van der Waals surface area (Å²) in [6.07, 6.45) is 2.70. The second-order valence-electron chi connectivity index (χ2n) is 8.47. The highest BCUT2D eigenvalue weighted by Crippen LogP contribution is 2.33. The number of amides is 1. The molecule has 180 valence electrons. The number of nitrogens with zero attached hydrogens (tertiary/aromatic N) is 4. The predicted molar refractivity (Wildman–Crippen MR) is 135 cm³/mol. The van der Waals surface area contributed by atoms with Crippen molar-refractivity contribution in [3.05, 3.63) is 48.3 Å². The van der Waals surface area contributed by atoms with E-state index in [1.165, 1.54) is 11.3 Å². The molecule has 1 aromatic carbocycles. The van der Waals surface area contributed by atoms with Gasteiger partial charge in [-0.25, -0.2) is 19.7 Å². The minimum Gasteiger partial charge on any atom is -0.410 e. The molecule has 34 heavy (non-hydrogen) atoms. The number of carbonyl (C=O) groups excluding carboxylic acids is 1. The third-order valence-corrected chi connectivity index (χ3v) is 8.39. The van der Waals surface area contributed by atoms with Crippen LogP contribution < -0.4 is 15.0 Å². The summed E-state index contributed by atoms with van der Waals surface area (Å²) in [7, 11) is -1.54. The fraction of sp³-hybridized carbons (Fsp3) is 0.391. The van der Waals surface area contributed by atoms with E-state index in [4.69, 9.17) is 19.4 Å². The minimum absolute atomic E-state index is 0.147. The number of ether oxygens (including phenoxy) is 2. The van der Waals surface area contributed by atoms with Gasteiger partial charge >= 0.3 is 6.09 Å². The molecule has 1 fully saturated rings. The largest absolute Gasteiger partial charge is 0.418 e. The molecule has 0 spiro atoms. The summed E-state index contributed by atoms with van der Waals surface area (Å²) in [6.45, 7) is 7.85. The zero-order valence-corrected chi connectivity index (χ0v) is 21.2. The lowest BCUT2D eigenvalue weighted by Crippen LogP contribution is -2.44. The van der Waals surface area contributed by atoms with Crippen molar-refractivity contribution in [3.63, 3.8) is 0 Å². The molecular formula is C23H28N5O4S2+. The Morgan fingerprint density at radius 2 is 2.06 bits per heavy atom. The second-order valence-corrected chi connectivity index (χ2v) is 11.6. The lowest BCUT2D eigenvalue weighted by atomic mass is 10.1. The molecule has 1 unspecified atom stereocenters. The van der Waals surface area contributed by atoms with E-state index in [1.807, 2.05) is 26.0 Å². The normalized spacial score (nSPS) is 17.3. The van der Waals surface area contributed by atoms with Gasteiger partial charge in [0, 0.05) is 12.6 Å². The summed E-state index contributed by atoms with van der Waals surface area (Å²) in [5.74, 6) is 1.67. The SMILES string of the molecule is C[C@H]1COCCN1c1cc(C(C)(C)[SH+](C)=O)nc(-c2cnc(NC(=O)Oc3ccccc3)s2)n1. The monoisotopic (exact) mass is 502 g/mol. The Labute approximate surface area is 205 Å². The van der Waals surface area contributed by atoms with Gasteiger partial charge in [0.25, 0.3) is 0 Å². The van der Waals surface area contributed by atoms with Gasteiger partial charge in [-0.1, -0.05) is 29.5 Å². The molecule has 11 heteroatoms. The Morgan fingerprint density at radius 3 is 2.76 bits per heavy atom. The van der Waals surface area contributed by atoms with Crippen molar-refractivity contribution >= 4 is 39.2 Å². The van der Waals surface area contributed by atoms with Gasteiger partial charge in [0.2, 0.25) is 0 Å². The average molecular weight is 503 g/mol. The van der Waals surface area contributed by atoms with Crippen LogP contribution in [-0.2, 0) is 24.5 Å². The Kier molecular flexibility index (Phi) is 7.24. The highest BCUT2D eigenvalue weighted by Gasteiger charge is 2.35. The Hall–Kier alpha value is -2.89. The number of aromatic nitrogens is 3. The van der Waals surface area contributed by atoms with E-state index in [2.05, 4.69) is 22.1 Å². The first-order chi connectivity index (χ1) is 16.2. The molecule has 1 amide bonds. The number of benzene rings is 1. The van der Waals surface area contributed by atoms with E-state index in [0.717, 1.165) is 5.82 Å². The first-order valence-corrected chi connectivity index (χ1v) is 13.4. The molecule has 4 rings (SSSR count). The highest BCUT2D eigenvalue weighted by atomic mass is 32.2. The number of hydrogen-bond donors (Lipinski definition) is 1. The van der Waals surface area contributed by atoms with Crippen LogP contribution in [0.4, 0.5) is 15.7 Å². The van der Waals surface area contributed by atoms with Gasteiger partial charge in [0.15, 0.2) is 15.7 Å². The number of nitrogens with one attached hydrogen (secondary N) is 1. The first kappa shape index (κ1) is 24.2. The van der Waals surface area contributed by atoms with Crippen molar-refractivity contribution in [2.45, 2.75) is 31.6 Å². The summed E-state index contributed by atoms with van der Waals surface area (Å²) < 4.78 is 22.7. The number of hydrogen-bond acceptors (Lipinski definition) is 9. The fourth-order valence-corrected chi connectivity index (χ4v) is 4.55. The molecule has 0 bridgehead atoms. The lowest BCUT2D eigenvalue weighted by molar-refractivity contribution is 0.0985. The van der Waals surface area contributed by atoms with E-state index in [0.29, 0.717) is 47.0 Å². The summed E-state index contributed by atoms with van der Waals surface area (Å²) in [6, 6.07) is 10.9. The minimum atomic E-state index is -1.54. The smallest absolute Gasteiger partial charge is 0.410 e. The van der Waals surface area contributed by atoms with E-state index in [9.17, 15) is 9.00 Å². The number of anilines is 2. The number of rotatable bonds is 6. The van der Waals surface area contributed by atoms with Gasteiger partial charge in [-0.15, -0.1) is 4.21 Å². The highest BCUT2D eigenvalue weighted by molar-refractivity contribution is 7.85. The summed E-state index contributed by atoms with van der Waals surface area (Å²) in [4.78, 5) is 28.9. The number of thiol groups is 1. The van der Waals surface area contributed by atoms with Gasteiger partial charge in [-0.3, -0.25) is 5.32 Å². The summed E-state index contributed by atoms with van der Waals surface area (Å²) in [5.41, 5.74) is 0.696. The van der Waals surface area contributed by atoms with Crippen LogP contribution in [-0.4, -0.2) is 53.1 Å². The molecule has 3 heterocycles. The summed E-state index contributed by atoms with van der Waals surface area (Å²) in [5, 5.41) is 3.01. The summed E-state index contributed by atoms with van der Waals surface area (Å²) >= 11 is 1.24. The molecule has 1 N–H and O–H groups in total. The maximum Gasteiger partial charge on any atom is 0.418 e. The van der Waals surface area contributed by atoms with Crippen molar-refractivity contribution in [1.82, 2.24) is 15.0 Å². The van der Waals surface area contributed by atoms with Crippen LogP contribution in [0.2, 0.25) is 0 Å². The van der Waals surface area contributed by atoms with Crippen LogP contribution in [0.15, 0.2) is 42.6 Å². The molecule has 2 aromatic heterocycles. The van der Waals surface area contributed by atoms with Gasteiger partial charge in [0.1, 0.15) is 23.5 Å². The van der Waals surface area contributed by atoms with Gasteiger partial charge in [-0.05, 0) is 32.9 Å². The number of carbonyl (C=O) groups is 1. The van der Waals surface area contributed by atoms with Gasteiger partial charge in [-0.2, -0.15) is 0 Å². The van der Waals surface area contributed by atoms with Gasteiger partial charge in [0.05, 0.1) is 41.1 Å². The van der Waals surface area contributed by atoms with Crippen molar-refractivity contribution < 1.29 is 18.5 Å². The molecule has 1 saturated heterocycles. The number of para-hydroxylation sites is 1. The van der Waals surface area contributed by atoms with Crippen LogP contribution >= 0.6 is 11.3 Å². The standard InChI is InChI=1S/C23H27N5O4S2/c1-15-14-31-11-10-28(15)19-12-18(23(2,3)34(4)30)25-20(26-19)17-13-24-21(33-17)27-22(29)32-16-8-6-5-7-9-16/h5-9,12-13,15H,10-11,14H2,1-4H3,(H,24,27,29)/p+1/t15-,34?/m0/s1. The van der Waals surface area contributed by atoms with Gasteiger partial charge < -0.3 is 14.4 Å². The van der Waals surface area contributed by atoms with E-state index < -0.39 is 21.6 Å². The maximum absolute atomic E-state index is 12.5. The van der Waals surface area contributed by atoms with Crippen molar-refractivity contribution in [1.29, 1.82) is 0 Å². The Balaban J connectivity index is 1.63. The number of thiazole rings is 1. The van der Waals surface area contributed by atoms with E-state index in [-0.39, 0.29) is 6.04 Å². The van der Waals surface area contributed by atoms with Crippen molar-refractivity contribution in [3.8, 4) is 16.5 Å². The van der Waals surface area contributed by atoms with Crippen LogP contribution in [0.3, 0.4) is 0 Å². The van der Waals surface area contributed by atoms with Crippen LogP contribution in [0, 0.1) is 0 Å². The Morgan fingerprint density at radius 1 is 1.29 bits per heavy atom. The molecule has 1 aliphatic rings. The van der Waals surface area contributed by atoms with E-state index in [1.54, 1.807) is 36.7 Å². The fourth-order valence-electron chi connectivity index (χ4n) is 3.38. The van der Waals surface area contributed by atoms with Crippen molar-refractivity contribution in [2.75, 3.05) is 36.2 Å². The Bertz CT molecular complexity index is 1190. The molecule has 0 aliphatic carbocycles. The van der Waals surface area contributed by atoms with Crippen LogP contribution in [0.1, 0.15) is 26.5 Å². The maximum atomic E-state index is 12.5. The lowest BCUT2D eigenvalue weighted by Gasteiger charge is -2.34. The zero-order chi connectivity index (χ0) is 24.3. The van der Waals surface area contributed by atoms with E-state index >= 15 is 0 Å². The predicted octanol–water partition coefficient (Wildman–Crippen LogP) is 4.00. The molecule has 0 radical (unpaired) electrons. The molecule has 0 saturated carbocycles. The quantitative estimate of drug-likeness (QED) is 0.398. The molecular weight excluding hydrogens is 474 g/mol. The first-order valence-electron chi connectivity index (χ1n) is 10.9. The average Bonchev–Trinajstić information content (AvgIpc) is 3.28.